The number of para-hydroxylation sites is 1. The van der Waals surface area contributed by atoms with E-state index in [1.165, 1.54) is 31.2 Å². The average Bonchev–Trinajstić information content (AvgIpc) is 3.31. The number of benzene rings is 3. The van der Waals surface area contributed by atoms with E-state index >= 15 is 0 Å². The molecule has 3 aromatic rings. The lowest BCUT2D eigenvalue weighted by Crippen LogP contribution is -2.27. The van der Waals surface area contributed by atoms with Gasteiger partial charge < -0.3 is 4.74 Å². The summed E-state index contributed by atoms with van der Waals surface area (Å²) < 4.78 is 60.6. The number of halogens is 1. The minimum absolute atomic E-state index is 0.0467. The van der Waals surface area contributed by atoms with E-state index in [1.807, 2.05) is 0 Å². The number of anilines is 1. The Kier molecular flexibility index (Phi) is 7.07. The van der Waals surface area contributed by atoms with Gasteiger partial charge in [-0.3, -0.25) is 4.72 Å². The maximum atomic E-state index is 13.6. The summed E-state index contributed by atoms with van der Waals surface area (Å²) in [5, 5.41) is 4.92. The summed E-state index contributed by atoms with van der Waals surface area (Å²) >= 11 is 5.96. The summed E-state index contributed by atoms with van der Waals surface area (Å²) in [6, 6.07) is 19.1. The first-order valence-corrected chi connectivity index (χ1v) is 14.2. The Balaban J connectivity index is 1.81. The molecule has 1 aliphatic rings. The van der Waals surface area contributed by atoms with E-state index in [9.17, 15) is 16.8 Å². The molecular formula is C24H24ClN3O5S2. The minimum Gasteiger partial charge on any atom is -0.497 e. The van der Waals surface area contributed by atoms with Gasteiger partial charge in [-0.25, -0.2) is 8.42 Å². The molecule has 0 amide bonds. The Labute approximate surface area is 210 Å². The van der Waals surface area contributed by atoms with Crippen LogP contribution >= 0.6 is 11.6 Å². The van der Waals surface area contributed by atoms with E-state index in [2.05, 4.69) is 9.82 Å². The SMILES string of the molecule is CCS(=O)(=O)Nc1ccccc1C1=NN(S(=O)(=O)c2ccc(Cl)cc2)[C@H](c2ccc(OC)cc2)C1. The predicted molar refractivity (Wildman–Crippen MR) is 137 cm³/mol. The first-order valence-electron chi connectivity index (χ1n) is 10.8. The number of hydrogen-bond acceptors (Lipinski definition) is 6. The molecule has 35 heavy (non-hydrogen) atoms. The molecule has 3 aromatic carbocycles. The summed E-state index contributed by atoms with van der Waals surface area (Å²) in [5.74, 6) is 0.540. The van der Waals surface area contributed by atoms with Gasteiger partial charge in [0.05, 0.1) is 35.2 Å². The Morgan fingerprint density at radius 3 is 2.29 bits per heavy atom. The maximum Gasteiger partial charge on any atom is 0.279 e. The molecule has 4 rings (SSSR count). The molecule has 8 nitrogen and oxygen atoms in total. The van der Waals surface area contributed by atoms with Gasteiger partial charge in [0, 0.05) is 17.0 Å². The van der Waals surface area contributed by atoms with Gasteiger partial charge in [-0.15, -0.1) is 0 Å². The molecule has 0 bridgehead atoms. The van der Waals surface area contributed by atoms with Crippen LogP contribution in [0.5, 0.6) is 5.75 Å². The van der Waals surface area contributed by atoms with Crippen LogP contribution in [0, 0.1) is 0 Å². The van der Waals surface area contributed by atoms with Crippen molar-refractivity contribution in [2.75, 3.05) is 17.6 Å². The molecule has 1 atom stereocenters. The highest BCUT2D eigenvalue weighted by Crippen LogP contribution is 2.39. The molecule has 0 aliphatic carbocycles. The van der Waals surface area contributed by atoms with Crippen molar-refractivity contribution in [2.45, 2.75) is 24.3 Å². The van der Waals surface area contributed by atoms with Gasteiger partial charge in [0.25, 0.3) is 10.0 Å². The molecule has 0 aromatic heterocycles. The van der Waals surface area contributed by atoms with Crippen LogP contribution in [0.4, 0.5) is 5.69 Å². The number of ether oxygens (including phenoxy) is 1. The number of hydrazone groups is 1. The van der Waals surface area contributed by atoms with Crippen LogP contribution in [0.25, 0.3) is 0 Å². The number of nitrogens with zero attached hydrogens (tertiary/aromatic N) is 2. The van der Waals surface area contributed by atoms with Crippen LogP contribution in [0.3, 0.4) is 0 Å². The molecule has 1 N–H and O–H groups in total. The van der Waals surface area contributed by atoms with Gasteiger partial charge >= 0.3 is 0 Å². The van der Waals surface area contributed by atoms with Crippen LogP contribution in [0.15, 0.2) is 82.8 Å². The van der Waals surface area contributed by atoms with Gasteiger partial charge in [0.15, 0.2) is 0 Å². The van der Waals surface area contributed by atoms with E-state index < -0.39 is 26.1 Å². The van der Waals surface area contributed by atoms with Crippen molar-refractivity contribution in [2.24, 2.45) is 5.10 Å². The molecule has 1 aliphatic heterocycles. The Morgan fingerprint density at radius 2 is 1.66 bits per heavy atom. The van der Waals surface area contributed by atoms with Gasteiger partial charge in [0.2, 0.25) is 10.0 Å². The smallest absolute Gasteiger partial charge is 0.279 e. The molecule has 1 heterocycles. The quantitative estimate of drug-likeness (QED) is 0.453. The van der Waals surface area contributed by atoms with Crippen molar-refractivity contribution in [1.29, 1.82) is 0 Å². The van der Waals surface area contributed by atoms with Gasteiger partial charge in [0.1, 0.15) is 5.75 Å². The first-order chi connectivity index (χ1) is 16.6. The molecule has 0 fully saturated rings. The third-order valence-corrected chi connectivity index (χ3v) is 8.85. The summed E-state index contributed by atoms with van der Waals surface area (Å²) in [6.07, 6.45) is 0.240. The van der Waals surface area contributed by atoms with Crippen LogP contribution in [0.1, 0.15) is 30.5 Å². The number of sulfonamides is 2. The second-order valence-corrected chi connectivity index (χ2v) is 12.1. The van der Waals surface area contributed by atoms with Crippen molar-refractivity contribution in [1.82, 2.24) is 4.41 Å². The van der Waals surface area contributed by atoms with Crippen LogP contribution in [-0.4, -0.2) is 39.8 Å². The molecule has 11 heteroatoms. The second-order valence-electron chi connectivity index (χ2n) is 7.82. The first kappa shape index (κ1) is 25.0. The largest absolute Gasteiger partial charge is 0.497 e. The van der Waals surface area contributed by atoms with Crippen LogP contribution < -0.4 is 9.46 Å². The molecule has 0 unspecified atom stereocenters. The fourth-order valence-electron chi connectivity index (χ4n) is 3.73. The fourth-order valence-corrected chi connectivity index (χ4v) is 5.94. The topological polar surface area (TPSA) is 105 Å². The number of hydrogen-bond donors (Lipinski definition) is 1. The zero-order valence-corrected chi connectivity index (χ0v) is 21.4. The minimum atomic E-state index is -4.04. The van der Waals surface area contributed by atoms with E-state index in [0.29, 0.717) is 33.3 Å². The molecule has 0 radical (unpaired) electrons. The lowest BCUT2D eigenvalue weighted by atomic mass is 9.98. The predicted octanol–water partition coefficient (Wildman–Crippen LogP) is 4.65. The van der Waals surface area contributed by atoms with Gasteiger partial charge in [-0.05, 0) is 55.0 Å². The lowest BCUT2D eigenvalue weighted by Gasteiger charge is -2.23. The van der Waals surface area contributed by atoms with Crippen molar-refractivity contribution < 1.29 is 21.6 Å². The third kappa shape index (κ3) is 5.29. The van der Waals surface area contributed by atoms with Crippen molar-refractivity contribution >= 4 is 43.0 Å². The van der Waals surface area contributed by atoms with E-state index in [0.717, 1.165) is 4.41 Å². The number of methoxy groups -OCH3 is 1. The molecule has 0 saturated carbocycles. The normalized spacial score (nSPS) is 16.1. The molecular weight excluding hydrogens is 510 g/mol. The Morgan fingerprint density at radius 1 is 1.00 bits per heavy atom. The second kappa shape index (κ2) is 9.88. The molecule has 0 saturated heterocycles. The third-order valence-electron chi connectivity index (χ3n) is 5.61. The average molecular weight is 534 g/mol. The van der Waals surface area contributed by atoms with Crippen LogP contribution in [-0.2, 0) is 20.0 Å². The van der Waals surface area contributed by atoms with Crippen molar-refractivity contribution in [3.8, 4) is 5.75 Å². The lowest BCUT2D eigenvalue weighted by molar-refractivity contribution is 0.370. The van der Waals surface area contributed by atoms with E-state index in [-0.39, 0.29) is 17.1 Å². The highest BCUT2D eigenvalue weighted by atomic mass is 35.5. The van der Waals surface area contributed by atoms with Crippen molar-refractivity contribution in [3.63, 3.8) is 0 Å². The van der Waals surface area contributed by atoms with E-state index in [4.69, 9.17) is 16.3 Å². The fraction of sp³-hybridized carbons (Fsp3) is 0.208. The standard InChI is InChI=1S/C24H24ClN3O5S2/c1-3-34(29,30)27-22-7-5-4-6-21(22)23-16-24(17-8-12-19(33-2)13-9-17)28(26-23)35(31,32)20-14-10-18(25)11-15-20/h4-15,24,27H,3,16H2,1-2H3/t24-/m0/s1. The zero-order valence-electron chi connectivity index (χ0n) is 19.0. The summed E-state index contributed by atoms with van der Waals surface area (Å²) in [6.45, 7) is 1.54. The summed E-state index contributed by atoms with van der Waals surface area (Å²) in [7, 11) is -6.04. The molecule has 0 spiro atoms. The zero-order chi connectivity index (χ0) is 25.2. The molecule has 184 valence electrons. The number of nitrogens with one attached hydrogen (secondary N) is 1. The monoisotopic (exact) mass is 533 g/mol. The summed E-state index contributed by atoms with van der Waals surface area (Å²) in [4.78, 5) is 0.0467. The Hall–Kier alpha value is -3.08. The Bertz CT molecular complexity index is 1460. The number of rotatable bonds is 8. The maximum absolute atomic E-state index is 13.6. The van der Waals surface area contributed by atoms with E-state index in [1.54, 1.807) is 55.6 Å². The summed E-state index contributed by atoms with van der Waals surface area (Å²) in [5.41, 5.74) is 2.01. The highest BCUT2D eigenvalue weighted by molar-refractivity contribution is 7.92. The van der Waals surface area contributed by atoms with Gasteiger partial charge in [-0.1, -0.05) is 41.9 Å². The highest BCUT2D eigenvalue weighted by Gasteiger charge is 2.38. The van der Waals surface area contributed by atoms with Crippen molar-refractivity contribution in [3.05, 3.63) is 88.9 Å². The van der Waals surface area contributed by atoms with Crippen LogP contribution in [0.2, 0.25) is 5.02 Å². The van der Waals surface area contributed by atoms with Gasteiger partial charge in [-0.2, -0.15) is 17.9 Å².